The molecule has 0 saturated heterocycles. The number of alkyl halides is 1. The van der Waals surface area contributed by atoms with E-state index in [0.717, 1.165) is 28.8 Å². The van der Waals surface area contributed by atoms with Crippen LogP contribution < -0.4 is 9.47 Å². The van der Waals surface area contributed by atoms with Gasteiger partial charge in [0.25, 0.3) is 0 Å². The summed E-state index contributed by atoms with van der Waals surface area (Å²) in [7, 11) is 1.63. The summed E-state index contributed by atoms with van der Waals surface area (Å²) in [6.07, 6.45) is 0.820. The maximum atomic E-state index is 13.3. The summed E-state index contributed by atoms with van der Waals surface area (Å²) in [5, 5.41) is 0.780. The molecule has 4 heteroatoms. The summed E-state index contributed by atoms with van der Waals surface area (Å²) < 4.78 is 24.1. The summed E-state index contributed by atoms with van der Waals surface area (Å²) in [5.41, 5.74) is 0.991. The van der Waals surface area contributed by atoms with Crippen LogP contribution in [0.4, 0.5) is 4.39 Å². The number of hydrogen-bond donors (Lipinski definition) is 0. The molecular formula is C17H18BrFO2. The molecule has 2 aromatic rings. The standard InChI is InChI=1S/C17H18BrFO2/c1-20-16-5-7-17(8-6-16)21-10-9-14(12-18)13-3-2-4-15(19)11-13/h2-8,11,14H,9-10,12H2,1H3. The van der Waals surface area contributed by atoms with Crippen LogP contribution in [0.15, 0.2) is 48.5 Å². The van der Waals surface area contributed by atoms with E-state index in [4.69, 9.17) is 9.47 Å². The highest BCUT2D eigenvalue weighted by Gasteiger charge is 2.11. The average Bonchev–Trinajstić information content (AvgIpc) is 2.52. The molecule has 21 heavy (non-hydrogen) atoms. The molecule has 0 saturated carbocycles. The van der Waals surface area contributed by atoms with E-state index in [1.165, 1.54) is 6.07 Å². The van der Waals surface area contributed by atoms with Crippen molar-refractivity contribution in [2.75, 3.05) is 19.0 Å². The molecule has 0 radical (unpaired) electrons. The fourth-order valence-corrected chi connectivity index (χ4v) is 2.78. The first-order valence-electron chi connectivity index (χ1n) is 6.81. The lowest BCUT2D eigenvalue weighted by atomic mass is 9.98. The monoisotopic (exact) mass is 352 g/mol. The number of methoxy groups -OCH3 is 1. The van der Waals surface area contributed by atoms with Crippen molar-refractivity contribution >= 4 is 15.9 Å². The Balaban J connectivity index is 1.88. The molecule has 0 N–H and O–H groups in total. The number of halogens is 2. The summed E-state index contributed by atoms with van der Waals surface area (Å²) in [4.78, 5) is 0. The van der Waals surface area contributed by atoms with Crippen molar-refractivity contribution < 1.29 is 13.9 Å². The largest absolute Gasteiger partial charge is 0.497 e. The van der Waals surface area contributed by atoms with Crippen LogP contribution in [-0.2, 0) is 0 Å². The topological polar surface area (TPSA) is 18.5 Å². The van der Waals surface area contributed by atoms with Crippen LogP contribution in [0, 0.1) is 5.82 Å². The van der Waals surface area contributed by atoms with Gasteiger partial charge in [-0.15, -0.1) is 0 Å². The highest BCUT2D eigenvalue weighted by atomic mass is 79.9. The third kappa shape index (κ3) is 4.74. The lowest BCUT2D eigenvalue weighted by molar-refractivity contribution is 0.301. The van der Waals surface area contributed by atoms with Crippen molar-refractivity contribution in [3.05, 3.63) is 59.9 Å². The van der Waals surface area contributed by atoms with E-state index in [1.807, 2.05) is 30.3 Å². The third-order valence-corrected chi connectivity index (χ3v) is 4.08. The maximum Gasteiger partial charge on any atom is 0.123 e. The van der Waals surface area contributed by atoms with Gasteiger partial charge in [0.15, 0.2) is 0 Å². The van der Waals surface area contributed by atoms with Crippen LogP contribution in [0.1, 0.15) is 17.9 Å². The molecule has 1 unspecified atom stereocenters. The molecule has 0 aliphatic rings. The lowest BCUT2D eigenvalue weighted by Gasteiger charge is -2.15. The number of rotatable bonds is 7. The summed E-state index contributed by atoms with van der Waals surface area (Å²) in [6.45, 7) is 0.582. The smallest absolute Gasteiger partial charge is 0.123 e. The van der Waals surface area contributed by atoms with Gasteiger partial charge in [-0.25, -0.2) is 4.39 Å². The molecular weight excluding hydrogens is 335 g/mol. The van der Waals surface area contributed by atoms with Crippen molar-refractivity contribution in [3.8, 4) is 11.5 Å². The minimum absolute atomic E-state index is 0.200. The van der Waals surface area contributed by atoms with Crippen LogP contribution in [-0.4, -0.2) is 19.0 Å². The van der Waals surface area contributed by atoms with Gasteiger partial charge in [0.05, 0.1) is 13.7 Å². The zero-order valence-corrected chi connectivity index (χ0v) is 13.5. The quantitative estimate of drug-likeness (QED) is 0.667. The highest BCUT2D eigenvalue weighted by molar-refractivity contribution is 9.09. The second kappa shape index (κ2) is 8.03. The minimum atomic E-state index is -0.200. The van der Waals surface area contributed by atoms with E-state index in [9.17, 15) is 4.39 Å². The van der Waals surface area contributed by atoms with Crippen LogP contribution in [0.3, 0.4) is 0 Å². The number of benzene rings is 2. The Hall–Kier alpha value is -1.55. The molecule has 0 aliphatic carbocycles. The van der Waals surface area contributed by atoms with E-state index < -0.39 is 0 Å². The van der Waals surface area contributed by atoms with E-state index >= 15 is 0 Å². The Morgan fingerprint density at radius 2 is 1.81 bits per heavy atom. The zero-order chi connectivity index (χ0) is 15.1. The number of hydrogen-bond acceptors (Lipinski definition) is 2. The van der Waals surface area contributed by atoms with Gasteiger partial charge in [0, 0.05) is 5.33 Å². The van der Waals surface area contributed by atoms with Crippen molar-refractivity contribution in [1.29, 1.82) is 0 Å². The SMILES string of the molecule is COc1ccc(OCCC(CBr)c2cccc(F)c2)cc1. The van der Waals surface area contributed by atoms with Gasteiger partial charge in [-0.2, -0.15) is 0 Å². The van der Waals surface area contributed by atoms with Crippen LogP contribution in [0.2, 0.25) is 0 Å². The van der Waals surface area contributed by atoms with Crippen molar-refractivity contribution in [2.45, 2.75) is 12.3 Å². The zero-order valence-electron chi connectivity index (χ0n) is 11.9. The van der Waals surface area contributed by atoms with Crippen LogP contribution >= 0.6 is 15.9 Å². The Bertz CT molecular complexity index is 557. The van der Waals surface area contributed by atoms with E-state index in [2.05, 4.69) is 15.9 Å². The predicted molar refractivity (Wildman–Crippen MR) is 86.0 cm³/mol. The van der Waals surface area contributed by atoms with Gasteiger partial charge >= 0.3 is 0 Å². The number of ether oxygens (including phenoxy) is 2. The van der Waals surface area contributed by atoms with Crippen molar-refractivity contribution in [3.63, 3.8) is 0 Å². The Morgan fingerprint density at radius 1 is 1.10 bits per heavy atom. The van der Waals surface area contributed by atoms with Gasteiger partial charge in [-0.1, -0.05) is 28.1 Å². The Morgan fingerprint density at radius 3 is 2.43 bits per heavy atom. The maximum absolute atomic E-state index is 13.3. The van der Waals surface area contributed by atoms with Gasteiger partial charge < -0.3 is 9.47 Å². The van der Waals surface area contributed by atoms with Crippen LogP contribution in [0.25, 0.3) is 0 Å². The van der Waals surface area contributed by atoms with Crippen molar-refractivity contribution in [1.82, 2.24) is 0 Å². The molecule has 0 amide bonds. The summed E-state index contributed by atoms with van der Waals surface area (Å²) in [6, 6.07) is 14.2. The van der Waals surface area contributed by atoms with E-state index in [1.54, 1.807) is 19.2 Å². The molecule has 0 spiro atoms. The summed E-state index contributed by atoms with van der Waals surface area (Å²) >= 11 is 3.49. The second-order valence-corrected chi connectivity index (χ2v) is 5.37. The molecule has 0 heterocycles. The highest BCUT2D eigenvalue weighted by Crippen LogP contribution is 2.24. The molecule has 0 bridgehead atoms. The molecule has 2 aromatic carbocycles. The molecule has 0 aliphatic heterocycles. The third-order valence-electron chi connectivity index (χ3n) is 3.30. The first-order chi connectivity index (χ1) is 10.2. The molecule has 1 atom stereocenters. The lowest BCUT2D eigenvalue weighted by Crippen LogP contribution is -2.07. The summed E-state index contributed by atoms with van der Waals surface area (Å²) in [5.74, 6) is 1.65. The predicted octanol–water partition coefficient (Wildman–Crippen LogP) is 4.78. The fourth-order valence-electron chi connectivity index (χ4n) is 2.08. The molecule has 0 fully saturated rings. The van der Waals surface area contributed by atoms with Gasteiger partial charge in [0.2, 0.25) is 0 Å². The van der Waals surface area contributed by atoms with E-state index in [-0.39, 0.29) is 11.7 Å². The van der Waals surface area contributed by atoms with E-state index in [0.29, 0.717) is 6.61 Å². The first kappa shape index (κ1) is 15.8. The molecule has 112 valence electrons. The molecule has 0 aromatic heterocycles. The first-order valence-corrected chi connectivity index (χ1v) is 7.93. The minimum Gasteiger partial charge on any atom is -0.497 e. The molecule has 2 nitrogen and oxygen atoms in total. The Kier molecular flexibility index (Phi) is 6.05. The van der Waals surface area contributed by atoms with Gasteiger partial charge in [-0.05, 0) is 54.3 Å². The Labute approximate surface area is 133 Å². The molecule has 2 rings (SSSR count). The fraction of sp³-hybridized carbons (Fsp3) is 0.294. The normalized spacial score (nSPS) is 12.0. The van der Waals surface area contributed by atoms with Gasteiger partial charge in [-0.3, -0.25) is 0 Å². The van der Waals surface area contributed by atoms with Crippen LogP contribution in [0.5, 0.6) is 11.5 Å². The van der Waals surface area contributed by atoms with Gasteiger partial charge in [0.1, 0.15) is 17.3 Å². The van der Waals surface area contributed by atoms with Crippen molar-refractivity contribution in [2.24, 2.45) is 0 Å². The average molecular weight is 353 g/mol. The second-order valence-electron chi connectivity index (χ2n) is 4.72.